The van der Waals surface area contributed by atoms with Crippen molar-refractivity contribution < 1.29 is 9.53 Å². The van der Waals surface area contributed by atoms with Gasteiger partial charge < -0.3 is 15.8 Å². The van der Waals surface area contributed by atoms with Crippen molar-refractivity contribution in [2.24, 2.45) is 5.73 Å². The molecular weight excluding hydrogens is 264 g/mol. The van der Waals surface area contributed by atoms with Crippen LogP contribution in [0.5, 0.6) is 0 Å². The Kier molecular flexibility index (Phi) is 4.57. The molecule has 0 aliphatic heterocycles. The van der Waals surface area contributed by atoms with Gasteiger partial charge in [-0.1, -0.05) is 30.3 Å². The van der Waals surface area contributed by atoms with E-state index >= 15 is 0 Å². The van der Waals surface area contributed by atoms with E-state index < -0.39 is 5.60 Å². The van der Waals surface area contributed by atoms with E-state index in [1.165, 1.54) is 0 Å². The van der Waals surface area contributed by atoms with Crippen molar-refractivity contribution >= 4 is 6.09 Å². The minimum Gasteiger partial charge on any atom is -0.444 e. The van der Waals surface area contributed by atoms with E-state index in [4.69, 9.17) is 10.5 Å². The van der Waals surface area contributed by atoms with Gasteiger partial charge in [-0.05, 0) is 52.0 Å². The van der Waals surface area contributed by atoms with E-state index in [0.717, 1.165) is 31.2 Å². The van der Waals surface area contributed by atoms with Gasteiger partial charge >= 0.3 is 6.09 Å². The molecule has 1 atom stereocenters. The third-order valence-electron chi connectivity index (χ3n) is 3.72. The van der Waals surface area contributed by atoms with Gasteiger partial charge in [0.2, 0.25) is 0 Å². The number of alkyl carbamates (subject to hydrolysis) is 1. The Balaban J connectivity index is 1.99. The molecule has 1 aromatic carbocycles. The van der Waals surface area contributed by atoms with Crippen molar-refractivity contribution in [1.82, 2.24) is 5.32 Å². The van der Waals surface area contributed by atoms with Crippen LogP contribution in [-0.4, -0.2) is 17.2 Å². The normalized spacial score (nSPS) is 17.9. The molecule has 0 spiro atoms. The maximum absolute atomic E-state index is 12.0. The monoisotopic (exact) mass is 290 g/mol. The summed E-state index contributed by atoms with van der Waals surface area (Å²) in [5.74, 6) is 0. The Morgan fingerprint density at radius 2 is 1.95 bits per heavy atom. The van der Waals surface area contributed by atoms with E-state index in [1.54, 1.807) is 0 Å². The highest BCUT2D eigenvalue weighted by Crippen LogP contribution is 2.38. The topological polar surface area (TPSA) is 64.3 Å². The van der Waals surface area contributed by atoms with Crippen molar-refractivity contribution in [3.63, 3.8) is 0 Å². The zero-order valence-electron chi connectivity index (χ0n) is 13.2. The van der Waals surface area contributed by atoms with Gasteiger partial charge in [0.05, 0.1) is 6.04 Å². The van der Waals surface area contributed by atoms with E-state index in [-0.39, 0.29) is 17.7 Å². The summed E-state index contributed by atoms with van der Waals surface area (Å²) in [5, 5.41) is 2.97. The maximum Gasteiger partial charge on any atom is 0.408 e. The first kappa shape index (κ1) is 15.8. The average molecular weight is 290 g/mol. The second-order valence-corrected chi connectivity index (χ2v) is 7.01. The molecule has 0 bridgehead atoms. The van der Waals surface area contributed by atoms with Gasteiger partial charge in [-0.25, -0.2) is 4.79 Å². The van der Waals surface area contributed by atoms with Gasteiger partial charge in [0.1, 0.15) is 5.60 Å². The van der Waals surface area contributed by atoms with Crippen LogP contribution in [-0.2, 0) is 4.74 Å². The van der Waals surface area contributed by atoms with Gasteiger partial charge in [0.25, 0.3) is 0 Å². The number of hydrogen-bond donors (Lipinski definition) is 2. The number of amides is 1. The molecule has 116 valence electrons. The van der Waals surface area contributed by atoms with Gasteiger partial charge in [0.15, 0.2) is 0 Å². The lowest BCUT2D eigenvalue weighted by atomic mass is 9.99. The molecule has 2 rings (SSSR count). The minimum atomic E-state index is -0.489. The van der Waals surface area contributed by atoms with Crippen molar-refractivity contribution in [1.29, 1.82) is 0 Å². The summed E-state index contributed by atoms with van der Waals surface area (Å²) in [6.07, 6.45) is 3.54. The van der Waals surface area contributed by atoms with Crippen molar-refractivity contribution in [2.45, 2.75) is 63.6 Å². The summed E-state index contributed by atoms with van der Waals surface area (Å²) in [6, 6.07) is 9.93. The van der Waals surface area contributed by atoms with Crippen molar-refractivity contribution in [3.05, 3.63) is 35.9 Å². The van der Waals surface area contributed by atoms with Gasteiger partial charge in [-0.15, -0.1) is 0 Å². The number of ether oxygens (including phenoxy) is 1. The van der Waals surface area contributed by atoms with Gasteiger partial charge in [-0.2, -0.15) is 0 Å². The largest absolute Gasteiger partial charge is 0.444 e. The number of rotatable bonds is 5. The molecule has 0 radical (unpaired) electrons. The van der Waals surface area contributed by atoms with Crippen LogP contribution in [0.1, 0.15) is 58.1 Å². The smallest absolute Gasteiger partial charge is 0.408 e. The second kappa shape index (κ2) is 6.06. The first-order valence-corrected chi connectivity index (χ1v) is 7.61. The van der Waals surface area contributed by atoms with Crippen LogP contribution in [0.4, 0.5) is 4.79 Å². The Morgan fingerprint density at radius 1 is 1.33 bits per heavy atom. The third-order valence-corrected chi connectivity index (χ3v) is 3.72. The van der Waals surface area contributed by atoms with E-state index in [2.05, 4.69) is 5.32 Å². The second-order valence-electron chi connectivity index (χ2n) is 7.01. The molecule has 3 N–H and O–H groups in total. The summed E-state index contributed by atoms with van der Waals surface area (Å²) >= 11 is 0. The Morgan fingerprint density at radius 3 is 2.48 bits per heavy atom. The highest BCUT2D eigenvalue weighted by atomic mass is 16.6. The molecule has 1 aliphatic rings. The summed E-state index contributed by atoms with van der Waals surface area (Å²) in [7, 11) is 0. The molecule has 4 nitrogen and oxygen atoms in total. The molecule has 1 aliphatic carbocycles. The molecule has 21 heavy (non-hydrogen) atoms. The number of hydrogen-bond acceptors (Lipinski definition) is 3. The summed E-state index contributed by atoms with van der Waals surface area (Å²) in [6.45, 7) is 5.59. The first-order chi connectivity index (χ1) is 9.77. The lowest BCUT2D eigenvalue weighted by molar-refractivity contribution is 0.0499. The summed E-state index contributed by atoms with van der Waals surface area (Å²) in [4.78, 5) is 12.0. The Hall–Kier alpha value is -1.55. The molecule has 1 fully saturated rings. The molecular formula is C17H26N2O2. The molecule has 4 heteroatoms. The fourth-order valence-corrected chi connectivity index (χ4v) is 2.30. The number of carbonyl (C=O) groups excluding carboxylic acids is 1. The van der Waals surface area contributed by atoms with Crippen molar-refractivity contribution in [3.8, 4) is 0 Å². The van der Waals surface area contributed by atoms with Crippen molar-refractivity contribution in [2.75, 3.05) is 0 Å². The Bertz CT molecular complexity index is 475. The first-order valence-electron chi connectivity index (χ1n) is 7.61. The lowest BCUT2D eigenvalue weighted by Crippen LogP contribution is -2.36. The van der Waals surface area contributed by atoms with Crippen LogP contribution in [0, 0.1) is 0 Å². The van der Waals surface area contributed by atoms with Gasteiger partial charge in [-0.3, -0.25) is 0 Å². The highest BCUT2D eigenvalue weighted by molar-refractivity contribution is 5.68. The molecule has 0 saturated heterocycles. The average Bonchev–Trinajstić information content (AvgIpc) is 3.12. The van der Waals surface area contributed by atoms with Crippen LogP contribution in [0.15, 0.2) is 30.3 Å². The van der Waals surface area contributed by atoms with Crippen LogP contribution >= 0.6 is 0 Å². The van der Waals surface area contributed by atoms with Gasteiger partial charge in [0, 0.05) is 5.54 Å². The molecule has 1 unspecified atom stereocenters. The SMILES string of the molecule is CC(C)(C)OC(=O)NC(CCC1(N)CC1)c1ccccc1. The van der Waals surface area contributed by atoms with Crippen LogP contribution in [0.25, 0.3) is 0 Å². The highest BCUT2D eigenvalue weighted by Gasteiger charge is 2.38. The molecule has 0 heterocycles. The van der Waals surface area contributed by atoms with Crippen LogP contribution in [0.3, 0.4) is 0 Å². The molecule has 1 saturated carbocycles. The third kappa shape index (κ3) is 5.38. The zero-order valence-corrected chi connectivity index (χ0v) is 13.2. The predicted octanol–water partition coefficient (Wildman–Crippen LogP) is 3.52. The standard InChI is InChI=1S/C17H26N2O2/c1-16(2,3)21-15(20)19-14(9-10-17(18)11-12-17)13-7-5-4-6-8-13/h4-8,14H,9-12,18H2,1-3H3,(H,19,20). The zero-order chi connectivity index (χ0) is 15.5. The number of benzene rings is 1. The Labute approximate surface area is 127 Å². The van der Waals surface area contributed by atoms with Crippen LogP contribution < -0.4 is 11.1 Å². The minimum absolute atomic E-state index is 0.0113. The summed E-state index contributed by atoms with van der Waals surface area (Å²) < 4.78 is 5.36. The predicted molar refractivity (Wildman–Crippen MR) is 83.9 cm³/mol. The number of carbonyl (C=O) groups is 1. The number of nitrogens with one attached hydrogen (secondary N) is 1. The summed E-state index contributed by atoms with van der Waals surface area (Å²) in [5.41, 5.74) is 6.75. The molecule has 0 aromatic heterocycles. The lowest BCUT2D eigenvalue weighted by Gasteiger charge is -2.24. The van der Waals surface area contributed by atoms with Crippen LogP contribution in [0.2, 0.25) is 0 Å². The number of nitrogens with two attached hydrogens (primary N) is 1. The molecule has 1 aromatic rings. The quantitative estimate of drug-likeness (QED) is 0.872. The van der Waals surface area contributed by atoms with E-state index in [0.29, 0.717) is 0 Å². The maximum atomic E-state index is 12.0. The molecule has 1 amide bonds. The van der Waals surface area contributed by atoms with E-state index in [9.17, 15) is 4.79 Å². The fourth-order valence-electron chi connectivity index (χ4n) is 2.30. The fraction of sp³-hybridized carbons (Fsp3) is 0.588. The van der Waals surface area contributed by atoms with E-state index in [1.807, 2.05) is 51.1 Å².